The summed E-state index contributed by atoms with van der Waals surface area (Å²) >= 11 is 0. The van der Waals surface area contributed by atoms with Crippen LogP contribution in [0.25, 0.3) is 5.69 Å². The number of nitrogen functional groups attached to an aromatic ring is 1. The first-order valence-electron chi connectivity index (χ1n) is 5.74. The lowest BCUT2D eigenvalue weighted by molar-refractivity contribution is -0.136. The van der Waals surface area contributed by atoms with Crippen molar-refractivity contribution in [3.63, 3.8) is 0 Å². The van der Waals surface area contributed by atoms with Crippen LogP contribution in [0.1, 0.15) is 17.0 Å². The molecule has 3 N–H and O–H groups in total. The fourth-order valence-electron chi connectivity index (χ4n) is 2.19. The topological polar surface area (TPSA) is 68.2 Å². The van der Waals surface area contributed by atoms with Gasteiger partial charge in [-0.25, -0.2) is 0 Å². The summed E-state index contributed by atoms with van der Waals surface area (Å²) in [5, 5.41) is 8.87. The Kier molecular flexibility index (Phi) is 3.10. The van der Waals surface area contributed by atoms with Gasteiger partial charge in [0.2, 0.25) is 0 Å². The van der Waals surface area contributed by atoms with E-state index in [0.29, 0.717) is 5.69 Å². The highest BCUT2D eigenvalue weighted by atomic mass is 16.4. The van der Waals surface area contributed by atoms with Crippen molar-refractivity contribution in [1.29, 1.82) is 0 Å². The minimum atomic E-state index is -0.812. The number of benzene rings is 1. The molecule has 18 heavy (non-hydrogen) atoms. The van der Waals surface area contributed by atoms with Gasteiger partial charge in [0.15, 0.2) is 0 Å². The predicted molar refractivity (Wildman–Crippen MR) is 71.0 cm³/mol. The molecule has 0 amide bonds. The molecule has 0 bridgehead atoms. The maximum Gasteiger partial charge on any atom is 0.307 e. The monoisotopic (exact) mass is 244 g/mol. The SMILES string of the molecule is Cc1cc(CC(=O)O)c(C)n1-c1ccc(N)cc1. The maximum atomic E-state index is 10.8. The Bertz CT molecular complexity index is 583. The first-order valence-corrected chi connectivity index (χ1v) is 5.74. The van der Waals surface area contributed by atoms with Crippen molar-refractivity contribution in [1.82, 2.24) is 4.57 Å². The van der Waals surface area contributed by atoms with Crippen LogP contribution in [0, 0.1) is 13.8 Å². The number of nitrogens with two attached hydrogens (primary N) is 1. The summed E-state index contributed by atoms with van der Waals surface area (Å²) in [6, 6.07) is 9.45. The largest absolute Gasteiger partial charge is 0.481 e. The van der Waals surface area contributed by atoms with Gasteiger partial charge < -0.3 is 15.4 Å². The Morgan fingerprint density at radius 2 is 1.89 bits per heavy atom. The summed E-state index contributed by atoms with van der Waals surface area (Å²) in [5.41, 5.74) is 10.2. The number of aromatic nitrogens is 1. The number of hydrogen-bond donors (Lipinski definition) is 2. The van der Waals surface area contributed by atoms with Crippen LogP contribution in [0.2, 0.25) is 0 Å². The number of anilines is 1. The van der Waals surface area contributed by atoms with Crippen LogP contribution in [0.3, 0.4) is 0 Å². The summed E-state index contributed by atoms with van der Waals surface area (Å²) in [6.07, 6.45) is 0.0502. The molecule has 2 aromatic rings. The number of rotatable bonds is 3. The first-order chi connectivity index (χ1) is 8.49. The second-order valence-electron chi connectivity index (χ2n) is 4.39. The Labute approximate surface area is 106 Å². The lowest BCUT2D eigenvalue weighted by Gasteiger charge is -2.10. The normalized spacial score (nSPS) is 10.6. The zero-order valence-corrected chi connectivity index (χ0v) is 10.5. The average molecular weight is 244 g/mol. The van der Waals surface area contributed by atoms with E-state index in [4.69, 9.17) is 10.8 Å². The van der Waals surface area contributed by atoms with Gasteiger partial charge in [0.25, 0.3) is 0 Å². The van der Waals surface area contributed by atoms with Gasteiger partial charge >= 0.3 is 5.97 Å². The van der Waals surface area contributed by atoms with Gasteiger partial charge in [0.1, 0.15) is 0 Å². The Hall–Kier alpha value is -2.23. The van der Waals surface area contributed by atoms with Gasteiger partial charge in [0.05, 0.1) is 6.42 Å². The zero-order chi connectivity index (χ0) is 13.3. The van der Waals surface area contributed by atoms with E-state index >= 15 is 0 Å². The first kappa shape index (κ1) is 12.2. The smallest absolute Gasteiger partial charge is 0.307 e. The lowest BCUT2D eigenvalue weighted by Crippen LogP contribution is -2.03. The number of carboxylic acid groups (broad SMARTS) is 1. The van der Waals surface area contributed by atoms with Crippen molar-refractivity contribution >= 4 is 11.7 Å². The predicted octanol–water partition coefficient (Wildman–Crippen LogP) is 2.30. The van der Waals surface area contributed by atoms with Gasteiger partial charge in [-0.2, -0.15) is 0 Å². The van der Waals surface area contributed by atoms with Gasteiger partial charge in [-0.1, -0.05) is 0 Å². The van der Waals surface area contributed by atoms with Crippen molar-refractivity contribution in [2.45, 2.75) is 20.3 Å². The molecule has 0 radical (unpaired) electrons. The van der Waals surface area contributed by atoms with Crippen molar-refractivity contribution in [2.24, 2.45) is 0 Å². The highest BCUT2D eigenvalue weighted by Crippen LogP contribution is 2.21. The van der Waals surface area contributed by atoms with E-state index in [1.807, 2.05) is 48.7 Å². The molecule has 0 spiro atoms. The Balaban J connectivity index is 2.48. The fraction of sp³-hybridized carbons (Fsp3) is 0.214. The molecule has 0 aliphatic carbocycles. The van der Waals surface area contributed by atoms with Crippen LogP contribution in [0.15, 0.2) is 30.3 Å². The summed E-state index contributed by atoms with van der Waals surface area (Å²) in [7, 11) is 0. The van der Waals surface area contributed by atoms with Crippen molar-refractivity contribution in [3.8, 4) is 5.69 Å². The molecule has 0 aliphatic heterocycles. The molecular weight excluding hydrogens is 228 g/mol. The minimum Gasteiger partial charge on any atom is -0.481 e. The molecule has 0 atom stereocenters. The van der Waals surface area contributed by atoms with E-state index in [1.54, 1.807) is 0 Å². The second-order valence-corrected chi connectivity index (χ2v) is 4.39. The number of nitrogens with zero attached hydrogens (tertiary/aromatic N) is 1. The van der Waals surface area contributed by atoms with E-state index in [9.17, 15) is 4.79 Å². The summed E-state index contributed by atoms with van der Waals surface area (Å²) in [6.45, 7) is 3.90. The van der Waals surface area contributed by atoms with E-state index in [0.717, 1.165) is 22.6 Å². The number of hydrogen-bond acceptors (Lipinski definition) is 2. The van der Waals surface area contributed by atoms with Crippen molar-refractivity contribution < 1.29 is 9.90 Å². The van der Waals surface area contributed by atoms with Crippen LogP contribution in [-0.2, 0) is 11.2 Å². The average Bonchev–Trinajstić information content (AvgIpc) is 2.55. The molecule has 4 heteroatoms. The minimum absolute atomic E-state index is 0.0502. The number of carboxylic acids is 1. The molecule has 4 nitrogen and oxygen atoms in total. The second kappa shape index (κ2) is 4.56. The van der Waals surface area contributed by atoms with Crippen molar-refractivity contribution in [3.05, 3.63) is 47.3 Å². The molecule has 1 aromatic carbocycles. The number of aliphatic carboxylic acids is 1. The van der Waals surface area contributed by atoms with Crippen LogP contribution >= 0.6 is 0 Å². The maximum absolute atomic E-state index is 10.8. The molecule has 0 aliphatic rings. The van der Waals surface area contributed by atoms with E-state index in [-0.39, 0.29) is 6.42 Å². The summed E-state index contributed by atoms with van der Waals surface area (Å²) in [5.74, 6) is -0.812. The molecule has 1 aromatic heterocycles. The van der Waals surface area contributed by atoms with Crippen molar-refractivity contribution in [2.75, 3.05) is 5.73 Å². The summed E-state index contributed by atoms with van der Waals surface area (Å²) in [4.78, 5) is 10.8. The number of aryl methyl sites for hydroxylation is 1. The summed E-state index contributed by atoms with van der Waals surface area (Å²) < 4.78 is 2.04. The van der Waals surface area contributed by atoms with E-state index in [2.05, 4.69) is 0 Å². The van der Waals surface area contributed by atoms with Gasteiger partial charge in [-0.15, -0.1) is 0 Å². The standard InChI is InChI=1S/C14H16N2O2/c1-9-7-11(8-14(17)18)10(2)16(9)13-5-3-12(15)4-6-13/h3-7H,8,15H2,1-2H3,(H,17,18). The molecule has 0 fully saturated rings. The van der Waals surface area contributed by atoms with Crippen LogP contribution < -0.4 is 5.73 Å². The quantitative estimate of drug-likeness (QED) is 0.814. The van der Waals surface area contributed by atoms with Crippen LogP contribution in [-0.4, -0.2) is 15.6 Å². The third-order valence-electron chi connectivity index (χ3n) is 3.03. The van der Waals surface area contributed by atoms with Crippen LogP contribution in [0.4, 0.5) is 5.69 Å². The zero-order valence-electron chi connectivity index (χ0n) is 10.5. The van der Waals surface area contributed by atoms with Gasteiger partial charge in [-0.3, -0.25) is 4.79 Å². The van der Waals surface area contributed by atoms with E-state index in [1.165, 1.54) is 0 Å². The molecule has 0 saturated carbocycles. The molecular formula is C14H16N2O2. The van der Waals surface area contributed by atoms with Crippen LogP contribution in [0.5, 0.6) is 0 Å². The number of carbonyl (C=O) groups is 1. The highest BCUT2D eigenvalue weighted by molar-refractivity contribution is 5.71. The molecule has 2 rings (SSSR count). The Morgan fingerprint density at radius 3 is 2.44 bits per heavy atom. The molecule has 0 unspecified atom stereocenters. The third kappa shape index (κ3) is 2.22. The van der Waals surface area contributed by atoms with Gasteiger partial charge in [-0.05, 0) is 49.7 Å². The molecule has 94 valence electrons. The fourth-order valence-corrected chi connectivity index (χ4v) is 2.19. The molecule has 0 saturated heterocycles. The lowest BCUT2D eigenvalue weighted by atomic mass is 10.2. The molecule has 1 heterocycles. The van der Waals surface area contributed by atoms with Gasteiger partial charge in [0, 0.05) is 22.8 Å². The highest BCUT2D eigenvalue weighted by Gasteiger charge is 2.12. The van der Waals surface area contributed by atoms with E-state index < -0.39 is 5.97 Å². The third-order valence-corrected chi connectivity index (χ3v) is 3.03. The Morgan fingerprint density at radius 1 is 1.28 bits per heavy atom.